The lowest BCUT2D eigenvalue weighted by Crippen LogP contribution is -2.47. The predicted octanol–water partition coefficient (Wildman–Crippen LogP) is 0.117. The van der Waals surface area contributed by atoms with Crippen molar-refractivity contribution in [3.8, 4) is 5.75 Å². The largest absolute Gasteiger partial charge is 0.497 e. The standard InChI is InChI=1S/C18H27N3O6S/c1-26-12-4-10-19-17(22)18(23)20-13-14-5-3-11-21(14)28(24,25)16-8-6-15(27-2)7-9-16/h6-9,14H,3-5,10-13H2,1-2H3,(H,19,22)(H,20,23). The summed E-state index contributed by atoms with van der Waals surface area (Å²) in [5.41, 5.74) is 0. The number of benzene rings is 1. The van der Waals surface area contributed by atoms with Crippen molar-refractivity contribution in [3.63, 3.8) is 0 Å². The Hall–Kier alpha value is -2.17. The fourth-order valence-electron chi connectivity index (χ4n) is 3.00. The quantitative estimate of drug-likeness (QED) is 0.439. The molecular formula is C18H27N3O6S. The van der Waals surface area contributed by atoms with Gasteiger partial charge in [0, 0.05) is 39.4 Å². The van der Waals surface area contributed by atoms with Crippen LogP contribution in [0.2, 0.25) is 0 Å². The molecule has 28 heavy (non-hydrogen) atoms. The normalized spacial score (nSPS) is 17.3. The molecule has 1 aromatic rings. The number of ether oxygens (including phenoxy) is 2. The van der Waals surface area contributed by atoms with Crippen molar-refractivity contribution in [1.82, 2.24) is 14.9 Å². The Morgan fingerprint density at radius 1 is 1.14 bits per heavy atom. The Kier molecular flexibility index (Phi) is 8.21. The number of hydrogen-bond donors (Lipinski definition) is 2. The number of amides is 2. The summed E-state index contributed by atoms with van der Waals surface area (Å²) in [5.74, 6) is -0.939. The fourth-order valence-corrected chi connectivity index (χ4v) is 4.69. The SMILES string of the molecule is COCCCNC(=O)C(=O)NCC1CCCN1S(=O)(=O)c1ccc(OC)cc1. The lowest BCUT2D eigenvalue weighted by atomic mass is 10.2. The maximum absolute atomic E-state index is 12.9. The molecule has 2 rings (SSSR count). The third-order valence-corrected chi connectivity index (χ3v) is 6.47. The topological polar surface area (TPSA) is 114 Å². The van der Waals surface area contributed by atoms with Crippen LogP contribution in [0.4, 0.5) is 0 Å². The molecule has 1 aliphatic rings. The van der Waals surface area contributed by atoms with E-state index in [2.05, 4.69) is 10.6 Å². The first kappa shape index (κ1) is 22.1. The molecule has 1 fully saturated rings. The van der Waals surface area contributed by atoms with Gasteiger partial charge in [0.2, 0.25) is 10.0 Å². The highest BCUT2D eigenvalue weighted by Gasteiger charge is 2.35. The number of carbonyl (C=O) groups is 2. The van der Waals surface area contributed by atoms with Crippen LogP contribution in [-0.4, -0.2) is 71.0 Å². The van der Waals surface area contributed by atoms with Crippen LogP contribution in [0.1, 0.15) is 19.3 Å². The molecule has 2 amide bonds. The van der Waals surface area contributed by atoms with Crippen LogP contribution in [-0.2, 0) is 24.3 Å². The van der Waals surface area contributed by atoms with Crippen molar-refractivity contribution in [2.45, 2.75) is 30.2 Å². The predicted molar refractivity (Wildman–Crippen MR) is 102 cm³/mol. The molecule has 0 aromatic heterocycles. The van der Waals surface area contributed by atoms with Crippen molar-refractivity contribution in [2.75, 3.05) is 40.5 Å². The van der Waals surface area contributed by atoms with Crippen molar-refractivity contribution in [3.05, 3.63) is 24.3 Å². The Balaban J connectivity index is 1.93. The highest BCUT2D eigenvalue weighted by atomic mass is 32.2. The van der Waals surface area contributed by atoms with E-state index in [4.69, 9.17) is 9.47 Å². The Morgan fingerprint density at radius 2 is 1.82 bits per heavy atom. The molecule has 10 heteroatoms. The zero-order chi connectivity index (χ0) is 20.6. The van der Waals surface area contributed by atoms with E-state index in [1.807, 2.05) is 0 Å². The van der Waals surface area contributed by atoms with E-state index >= 15 is 0 Å². The molecule has 156 valence electrons. The molecule has 1 heterocycles. The first-order valence-electron chi connectivity index (χ1n) is 9.11. The van der Waals surface area contributed by atoms with Gasteiger partial charge in [-0.2, -0.15) is 4.31 Å². The molecule has 0 saturated carbocycles. The van der Waals surface area contributed by atoms with Crippen LogP contribution >= 0.6 is 0 Å². The number of rotatable bonds is 9. The summed E-state index contributed by atoms with van der Waals surface area (Å²) >= 11 is 0. The van der Waals surface area contributed by atoms with E-state index in [1.165, 1.54) is 23.5 Å². The summed E-state index contributed by atoms with van der Waals surface area (Å²) < 4.78 is 37.1. The summed E-state index contributed by atoms with van der Waals surface area (Å²) in [6, 6.07) is 5.78. The smallest absolute Gasteiger partial charge is 0.309 e. The van der Waals surface area contributed by atoms with Gasteiger partial charge in [-0.1, -0.05) is 0 Å². The van der Waals surface area contributed by atoms with Gasteiger partial charge in [0.05, 0.1) is 12.0 Å². The molecule has 1 saturated heterocycles. The first-order valence-corrected chi connectivity index (χ1v) is 10.5. The minimum Gasteiger partial charge on any atom is -0.497 e. The van der Waals surface area contributed by atoms with Crippen molar-refractivity contribution in [2.24, 2.45) is 0 Å². The number of sulfonamides is 1. The van der Waals surface area contributed by atoms with Crippen LogP contribution < -0.4 is 15.4 Å². The van der Waals surface area contributed by atoms with Crippen molar-refractivity contribution < 1.29 is 27.5 Å². The van der Waals surface area contributed by atoms with E-state index in [0.29, 0.717) is 44.7 Å². The third kappa shape index (κ3) is 5.66. The average molecular weight is 413 g/mol. The Morgan fingerprint density at radius 3 is 2.46 bits per heavy atom. The van der Waals surface area contributed by atoms with E-state index in [9.17, 15) is 18.0 Å². The van der Waals surface area contributed by atoms with Gasteiger partial charge in [0.15, 0.2) is 0 Å². The van der Waals surface area contributed by atoms with E-state index in [0.717, 1.165) is 0 Å². The highest BCUT2D eigenvalue weighted by Crippen LogP contribution is 2.26. The van der Waals surface area contributed by atoms with Gasteiger partial charge < -0.3 is 20.1 Å². The first-order chi connectivity index (χ1) is 13.4. The third-order valence-electron chi connectivity index (χ3n) is 4.50. The van der Waals surface area contributed by atoms with Gasteiger partial charge in [-0.05, 0) is 43.5 Å². The summed E-state index contributed by atoms with van der Waals surface area (Å²) in [4.78, 5) is 23.9. The fraction of sp³-hybridized carbons (Fsp3) is 0.556. The lowest BCUT2D eigenvalue weighted by molar-refractivity contribution is -0.139. The molecule has 0 radical (unpaired) electrons. The van der Waals surface area contributed by atoms with E-state index in [1.54, 1.807) is 19.2 Å². The van der Waals surface area contributed by atoms with Gasteiger partial charge in [-0.3, -0.25) is 9.59 Å². The number of carbonyl (C=O) groups excluding carboxylic acids is 2. The molecule has 0 bridgehead atoms. The minimum atomic E-state index is -3.69. The van der Waals surface area contributed by atoms with Gasteiger partial charge in [0.1, 0.15) is 5.75 Å². The Labute approximate surface area is 165 Å². The lowest BCUT2D eigenvalue weighted by Gasteiger charge is -2.24. The summed E-state index contributed by atoms with van der Waals surface area (Å²) in [7, 11) is -0.622. The zero-order valence-electron chi connectivity index (χ0n) is 16.1. The zero-order valence-corrected chi connectivity index (χ0v) is 17.0. The molecule has 1 unspecified atom stereocenters. The number of nitrogens with zero attached hydrogens (tertiary/aromatic N) is 1. The molecule has 1 aromatic carbocycles. The van der Waals surface area contributed by atoms with Crippen LogP contribution in [0, 0.1) is 0 Å². The van der Waals surface area contributed by atoms with Crippen LogP contribution in [0.5, 0.6) is 5.75 Å². The van der Waals surface area contributed by atoms with Gasteiger partial charge in [-0.15, -0.1) is 0 Å². The molecule has 2 N–H and O–H groups in total. The van der Waals surface area contributed by atoms with Crippen molar-refractivity contribution >= 4 is 21.8 Å². The average Bonchev–Trinajstić information content (AvgIpc) is 3.18. The maximum Gasteiger partial charge on any atom is 0.309 e. The number of nitrogens with one attached hydrogen (secondary N) is 2. The molecule has 1 atom stereocenters. The Bertz CT molecular complexity index is 766. The second-order valence-corrected chi connectivity index (χ2v) is 8.29. The molecule has 9 nitrogen and oxygen atoms in total. The molecule has 0 spiro atoms. The summed E-state index contributed by atoms with van der Waals surface area (Å²) in [5, 5.41) is 5.02. The van der Waals surface area contributed by atoms with E-state index < -0.39 is 27.9 Å². The van der Waals surface area contributed by atoms with Crippen LogP contribution in [0.3, 0.4) is 0 Å². The highest BCUT2D eigenvalue weighted by molar-refractivity contribution is 7.89. The molecule has 1 aliphatic heterocycles. The maximum atomic E-state index is 12.9. The van der Waals surface area contributed by atoms with Gasteiger partial charge in [0.25, 0.3) is 0 Å². The second kappa shape index (κ2) is 10.4. The molecule has 0 aliphatic carbocycles. The second-order valence-electron chi connectivity index (χ2n) is 6.40. The van der Waals surface area contributed by atoms with E-state index in [-0.39, 0.29) is 11.4 Å². The summed E-state index contributed by atoms with van der Waals surface area (Å²) in [6.45, 7) is 1.28. The number of methoxy groups -OCH3 is 2. The monoisotopic (exact) mass is 413 g/mol. The summed E-state index contributed by atoms with van der Waals surface area (Å²) in [6.07, 6.45) is 1.91. The van der Waals surface area contributed by atoms with Crippen LogP contribution in [0.25, 0.3) is 0 Å². The van der Waals surface area contributed by atoms with Crippen molar-refractivity contribution in [1.29, 1.82) is 0 Å². The molecular weight excluding hydrogens is 386 g/mol. The van der Waals surface area contributed by atoms with Crippen LogP contribution in [0.15, 0.2) is 29.2 Å². The number of hydrogen-bond acceptors (Lipinski definition) is 6. The van der Waals surface area contributed by atoms with Gasteiger partial charge >= 0.3 is 11.8 Å². The minimum absolute atomic E-state index is 0.0830. The van der Waals surface area contributed by atoms with Gasteiger partial charge in [-0.25, -0.2) is 8.42 Å².